The molecule has 2 aliphatic heterocycles. The molecule has 0 bridgehead atoms. The van der Waals surface area contributed by atoms with Crippen LogP contribution in [0.15, 0.2) is 41.3 Å². The molecule has 0 radical (unpaired) electrons. The van der Waals surface area contributed by atoms with E-state index < -0.39 is 5.56 Å². The topological polar surface area (TPSA) is 84.3 Å². The van der Waals surface area contributed by atoms with Crippen LogP contribution in [0.2, 0.25) is 0 Å². The number of carbonyl (C=O) groups excluding carboxylic acids is 2. The van der Waals surface area contributed by atoms with Gasteiger partial charge in [-0.3, -0.25) is 14.4 Å². The highest BCUT2D eigenvalue weighted by Crippen LogP contribution is 2.41. The minimum absolute atomic E-state index is 0.00737. The van der Waals surface area contributed by atoms with Crippen LogP contribution in [0.5, 0.6) is 0 Å². The van der Waals surface area contributed by atoms with Gasteiger partial charge in [0.1, 0.15) is 11.4 Å². The van der Waals surface area contributed by atoms with Crippen LogP contribution in [0, 0.1) is 5.92 Å². The molecule has 1 saturated heterocycles. The van der Waals surface area contributed by atoms with Crippen LogP contribution in [0.3, 0.4) is 0 Å². The summed E-state index contributed by atoms with van der Waals surface area (Å²) < 4.78 is 1.92. The zero-order valence-corrected chi connectivity index (χ0v) is 16.9. The van der Waals surface area contributed by atoms with Crippen molar-refractivity contribution in [3.8, 4) is 0 Å². The van der Waals surface area contributed by atoms with E-state index in [9.17, 15) is 14.4 Å². The first-order valence-corrected chi connectivity index (χ1v) is 10.1. The van der Waals surface area contributed by atoms with Crippen molar-refractivity contribution < 1.29 is 9.59 Å². The van der Waals surface area contributed by atoms with Gasteiger partial charge in [0, 0.05) is 43.4 Å². The van der Waals surface area contributed by atoms with Gasteiger partial charge in [0.25, 0.3) is 17.4 Å². The Labute approximate surface area is 169 Å². The number of aryl methyl sites for hydroxylation is 1. The van der Waals surface area contributed by atoms with Gasteiger partial charge in [-0.25, -0.2) is 0 Å². The lowest BCUT2D eigenvalue weighted by molar-refractivity contribution is 0.0783. The van der Waals surface area contributed by atoms with Crippen LogP contribution in [-0.2, 0) is 12.0 Å². The SMILES string of the molecule is CC(C)CNC(=O)c1cn2c(nc1=O)[C@@]1(CCN(C(=O)c3ccccc3)C1)CC2. The monoisotopic (exact) mass is 394 g/mol. The molecule has 3 heterocycles. The lowest BCUT2D eigenvalue weighted by atomic mass is 9.85. The molecule has 29 heavy (non-hydrogen) atoms. The fourth-order valence-electron chi connectivity index (χ4n) is 4.28. The van der Waals surface area contributed by atoms with E-state index in [4.69, 9.17) is 0 Å². The molecule has 7 nitrogen and oxygen atoms in total. The van der Waals surface area contributed by atoms with Crippen molar-refractivity contribution in [1.29, 1.82) is 0 Å². The largest absolute Gasteiger partial charge is 0.352 e. The van der Waals surface area contributed by atoms with Crippen molar-refractivity contribution in [3.63, 3.8) is 0 Å². The smallest absolute Gasteiger partial charge is 0.285 e. The van der Waals surface area contributed by atoms with Crippen LogP contribution in [-0.4, -0.2) is 45.9 Å². The van der Waals surface area contributed by atoms with Gasteiger partial charge in [-0.2, -0.15) is 4.98 Å². The van der Waals surface area contributed by atoms with Gasteiger partial charge in [0.15, 0.2) is 0 Å². The Kier molecular flexibility index (Phi) is 4.98. The van der Waals surface area contributed by atoms with Gasteiger partial charge < -0.3 is 14.8 Å². The number of carbonyl (C=O) groups is 2. The number of benzene rings is 1. The second-order valence-corrected chi connectivity index (χ2v) is 8.45. The molecule has 2 amide bonds. The van der Waals surface area contributed by atoms with Gasteiger partial charge in [0.2, 0.25) is 0 Å². The van der Waals surface area contributed by atoms with Gasteiger partial charge in [-0.05, 0) is 30.9 Å². The fraction of sp³-hybridized carbons (Fsp3) is 0.455. The average molecular weight is 394 g/mol. The van der Waals surface area contributed by atoms with Crippen LogP contribution in [0.4, 0.5) is 0 Å². The standard InChI is InChI=1S/C22H26N4O3/c1-15(2)12-23-18(27)17-13-25-10-8-22(21(25)24-19(17)28)9-11-26(14-22)20(29)16-6-4-3-5-7-16/h3-7,13,15H,8-12,14H2,1-2H3,(H,23,27)/t22-/m1/s1. The van der Waals surface area contributed by atoms with E-state index in [0.29, 0.717) is 43.5 Å². The summed E-state index contributed by atoms with van der Waals surface area (Å²) in [7, 11) is 0. The van der Waals surface area contributed by atoms with E-state index in [0.717, 1.165) is 12.8 Å². The van der Waals surface area contributed by atoms with E-state index in [2.05, 4.69) is 10.3 Å². The van der Waals surface area contributed by atoms with Gasteiger partial charge >= 0.3 is 0 Å². The molecule has 0 saturated carbocycles. The fourth-order valence-corrected chi connectivity index (χ4v) is 4.28. The second-order valence-electron chi connectivity index (χ2n) is 8.45. The number of hydrogen-bond acceptors (Lipinski definition) is 4. The maximum absolute atomic E-state index is 12.8. The minimum Gasteiger partial charge on any atom is -0.352 e. The van der Waals surface area contributed by atoms with Crippen molar-refractivity contribution in [2.75, 3.05) is 19.6 Å². The summed E-state index contributed by atoms with van der Waals surface area (Å²) >= 11 is 0. The van der Waals surface area contributed by atoms with Crippen LogP contribution in [0.1, 0.15) is 53.2 Å². The Morgan fingerprint density at radius 1 is 1.17 bits per heavy atom. The molecule has 1 atom stereocenters. The Bertz CT molecular complexity index is 999. The summed E-state index contributed by atoms with van der Waals surface area (Å²) in [5.41, 5.74) is -0.0466. The number of aromatic nitrogens is 2. The highest BCUT2D eigenvalue weighted by molar-refractivity contribution is 5.94. The third-order valence-electron chi connectivity index (χ3n) is 5.88. The van der Waals surface area contributed by atoms with Crippen LogP contribution >= 0.6 is 0 Å². The van der Waals surface area contributed by atoms with Crippen LogP contribution < -0.4 is 10.9 Å². The molecule has 0 aliphatic carbocycles. The number of nitrogens with one attached hydrogen (secondary N) is 1. The predicted octanol–water partition coefficient (Wildman–Crippen LogP) is 1.82. The number of likely N-dealkylation sites (tertiary alicyclic amines) is 1. The molecule has 152 valence electrons. The summed E-state index contributed by atoms with van der Waals surface area (Å²) in [6.07, 6.45) is 3.22. The van der Waals surface area contributed by atoms with E-state index in [-0.39, 0.29) is 22.8 Å². The predicted molar refractivity (Wildman–Crippen MR) is 109 cm³/mol. The molecule has 0 unspecified atom stereocenters. The van der Waals surface area contributed by atoms with Gasteiger partial charge in [-0.15, -0.1) is 0 Å². The zero-order chi connectivity index (χ0) is 20.6. The third-order valence-corrected chi connectivity index (χ3v) is 5.88. The average Bonchev–Trinajstić information content (AvgIpc) is 3.30. The lowest BCUT2D eigenvalue weighted by Crippen LogP contribution is -2.37. The molecule has 1 spiro atoms. The Hall–Kier alpha value is -2.96. The maximum Gasteiger partial charge on any atom is 0.285 e. The molecule has 1 fully saturated rings. The highest BCUT2D eigenvalue weighted by Gasteiger charge is 2.47. The summed E-state index contributed by atoms with van der Waals surface area (Å²) in [6, 6.07) is 9.25. The van der Waals surface area contributed by atoms with Gasteiger partial charge in [0.05, 0.1) is 0 Å². The number of rotatable bonds is 4. The molecule has 4 rings (SSSR count). The first kappa shape index (κ1) is 19.4. The van der Waals surface area contributed by atoms with Crippen molar-refractivity contribution in [1.82, 2.24) is 19.8 Å². The Morgan fingerprint density at radius 3 is 2.62 bits per heavy atom. The lowest BCUT2D eigenvalue weighted by Gasteiger charge is -2.23. The third kappa shape index (κ3) is 3.57. The first-order valence-electron chi connectivity index (χ1n) is 10.1. The van der Waals surface area contributed by atoms with E-state index in [1.54, 1.807) is 6.20 Å². The van der Waals surface area contributed by atoms with E-state index in [1.807, 2.05) is 53.6 Å². The molecular weight excluding hydrogens is 368 g/mol. The van der Waals surface area contributed by atoms with E-state index >= 15 is 0 Å². The molecular formula is C22H26N4O3. The Morgan fingerprint density at radius 2 is 1.90 bits per heavy atom. The van der Waals surface area contributed by atoms with Crippen molar-refractivity contribution >= 4 is 11.8 Å². The summed E-state index contributed by atoms with van der Waals surface area (Å²) in [6.45, 7) is 6.40. The summed E-state index contributed by atoms with van der Waals surface area (Å²) in [5, 5.41) is 2.79. The molecule has 1 aromatic heterocycles. The number of amides is 2. The maximum atomic E-state index is 12.8. The zero-order valence-electron chi connectivity index (χ0n) is 16.9. The quantitative estimate of drug-likeness (QED) is 0.857. The number of nitrogens with zero attached hydrogens (tertiary/aromatic N) is 3. The second kappa shape index (κ2) is 7.46. The molecule has 1 N–H and O–H groups in total. The molecule has 7 heteroatoms. The van der Waals surface area contributed by atoms with Crippen molar-refractivity contribution in [2.24, 2.45) is 5.92 Å². The number of fused-ring (bicyclic) bond motifs is 2. The molecule has 1 aromatic carbocycles. The highest BCUT2D eigenvalue weighted by atomic mass is 16.2. The van der Waals surface area contributed by atoms with Crippen molar-refractivity contribution in [2.45, 2.75) is 38.6 Å². The number of hydrogen-bond donors (Lipinski definition) is 1. The van der Waals surface area contributed by atoms with E-state index in [1.165, 1.54) is 0 Å². The Balaban J connectivity index is 1.56. The normalized spacial score (nSPS) is 20.3. The molecule has 2 aromatic rings. The summed E-state index contributed by atoms with van der Waals surface area (Å²) in [4.78, 5) is 43.9. The van der Waals surface area contributed by atoms with Gasteiger partial charge in [-0.1, -0.05) is 32.0 Å². The van der Waals surface area contributed by atoms with Crippen molar-refractivity contribution in [3.05, 3.63) is 63.8 Å². The first-order chi connectivity index (χ1) is 13.9. The summed E-state index contributed by atoms with van der Waals surface area (Å²) in [5.74, 6) is 0.637. The van der Waals surface area contributed by atoms with Crippen LogP contribution in [0.25, 0.3) is 0 Å². The minimum atomic E-state index is -0.494. The molecule has 2 aliphatic rings.